The fraction of sp³-hybridized carbons (Fsp3) is 0.136. The van der Waals surface area contributed by atoms with E-state index in [0.717, 1.165) is 16.9 Å². The molecule has 10 heteroatoms. The minimum Gasteiger partial charge on any atom is -0.287 e. The average molecular weight is 501 g/mol. The van der Waals surface area contributed by atoms with Gasteiger partial charge in [-0.2, -0.15) is 0 Å². The van der Waals surface area contributed by atoms with Gasteiger partial charge in [0.25, 0.3) is 0 Å². The third kappa shape index (κ3) is 3.99. The molecule has 0 amide bonds. The van der Waals surface area contributed by atoms with E-state index in [1.807, 2.05) is 23.6 Å². The summed E-state index contributed by atoms with van der Waals surface area (Å²) in [5.41, 5.74) is 2.59. The first-order chi connectivity index (χ1) is 15.4. The Labute approximate surface area is 195 Å². The van der Waals surface area contributed by atoms with Crippen molar-refractivity contribution in [3.63, 3.8) is 0 Å². The van der Waals surface area contributed by atoms with Crippen molar-refractivity contribution in [1.29, 1.82) is 0 Å². The van der Waals surface area contributed by atoms with Gasteiger partial charge < -0.3 is 0 Å². The van der Waals surface area contributed by atoms with Crippen LogP contribution < -0.4 is 0 Å². The lowest BCUT2D eigenvalue weighted by atomic mass is 9.90. The number of fused-ring (bicyclic) bond motifs is 2. The highest BCUT2D eigenvalue weighted by molar-refractivity contribution is 7.92. The number of aromatic nitrogens is 2. The van der Waals surface area contributed by atoms with Crippen LogP contribution in [0.25, 0.3) is 0 Å². The molecular weight excluding hydrogens is 485 g/mol. The second kappa shape index (κ2) is 8.43. The standard InChI is InChI=1S/C22H16N2O4S4/c25-22-15-6-2-1-5-14(15)11-16-21(22)24-18(13-32(27,28)20-8-4-10-30-20)17(23-16)12-31(26)19-7-3-9-29-19/h1-10H,11-13H2. The quantitative estimate of drug-likeness (QED) is 0.350. The molecule has 1 unspecified atom stereocenters. The predicted octanol–water partition coefficient (Wildman–Crippen LogP) is 4.02. The molecule has 4 aromatic rings. The van der Waals surface area contributed by atoms with Crippen LogP contribution in [0.15, 0.2) is 67.7 Å². The van der Waals surface area contributed by atoms with Crippen molar-refractivity contribution in [3.8, 4) is 0 Å². The molecule has 0 bridgehead atoms. The third-order valence-corrected chi connectivity index (χ3v) is 10.8. The highest BCUT2D eigenvalue weighted by atomic mass is 32.2. The minimum absolute atomic E-state index is 0.0337. The number of hydrogen-bond donors (Lipinski definition) is 0. The van der Waals surface area contributed by atoms with Crippen molar-refractivity contribution < 1.29 is 17.4 Å². The summed E-state index contributed by atoms with van der Waals surface area (Å²) in [4.78, 5) is 22.2. The van der Waals surface area contributed by atoms with E-state index in [0.29, 0.717) is 27.6 Å². The zero-order chi connectivity index (χ0) is 22.3. The van der Waals surface area contributed by atoms with E-state index >= 15 is 0 Å². The Morgan fingerprint density at radius 2 is 1.72 bits per heavy atom. The molecule has 5 rings (SSSR count). The van der Waals surface area contributed by atoms with E-state index < -0.39 is 26.4 Å². The Morgan fingerprint density at radius 3 is 2.47 bits per heavy atom. The van der Waals surface area contributed by atoms with Gasteiger partial charge in [-0.25, -0.2) is 13.4 Å². The van der Waals surface area contributed by atoms with Crippen molar-refractivity contribution in [2.75, 3.05) is 0 Å². The summed E-state index contributed by atoms with van der Waals surface area (Å²) >= 11 is 2.49. The first-order valence-corrected chi connectivity index (χ1v) is 14.3. The molecule has 1 aromatic carbocycles. The zero-order valence-corrected chi connectivity index (χ0v) is 19.8. The molecule has 1 aliphatic rings. The van der Waals surface area contributed by atoms with Gasteiger partial charge in [0.15, 0.2) is 9.84 Å². The lowest BCUT2D eigenvalue weighted by Gasteiger charge is -2.19. The van der Waals surface area contributed by atoms with E-state index in [9.17, 15) is 17.4 Å². The van der Waals surface area contributed by atoms with E-state index in [-0.39, 0.29) is 27.1 Å². The average Bonchev–Trinajstić information content (AvgIpc) is 3.49. The van der Waals surface area contributed by atoms with Gasteiger partial charge in [-0.3, -0.25) is 14.0 Å². The normalized spacial score (nSPS) is 14.1. The van der Waals surface area contributed by atoms with Crippen LogP contribution in [0.1, 0.15) is 38.7 Å². The molecular formula is C22H16N2O4S4. The largest absolute Gasteiger partial charge is 0.287 e. The maximum absolute atomic E-state index is 13.1. The summed E-state index contributed by atoms with van der Waals surface area (Å²) < 4.78 is 39.7. The number of nitrogens with zero attached hydrogens (tertiary/aromatic N) is 2. The molecule has 0 N–H and O–H groups in total. The number of thiophene rings is 2. The Bertz CT molecular complexity index is 1440. The van der Waals surface area contributed by atoms with Gasteiger partial charge in [0.2, 0.25) is 5.78 Å². The van der Waals surface area contributed by atoms with Gasteiger partial charge in [-0.1, -0.05) is 36.4 Å². The van der Waals surface area contributed by atoms with Crippen molar-refractivity contribution in [2.45, 2.75) is 26.3 Å². The maximum Gasteiger partial charge on any atom is 0.213 e. The van der Waals surface area contributed by atoms with Crippen molar-refractivity contribution >= 4 is 49.1 Å². The zero-order valence-electron chi connectivity index (χ0n) is 16.6. The van der Waals surface area contributed by atoms with E-state index in [1.165, 1.54) is 17.4 Å². The van der Waals surface area contributed by atoms with E-state index in [2.05, 4.69) is 9.97 Å². The number of sulfone groups is 1. The molecule has 0 saturated heterocycles. The van der Waals surface area contributed by atoms with Gasteiger partial charge in [0.05, 0.1) is 43.6 Å². The lowest BCUT2D eigenvalue weighted by molar-refractivity contribution is 0.102. The van der Waals surface area contributed by atoms with Crippen LogP contribution in [0.2, 0.25) is 0 Å². The summed E-state index contributed by atoms with van der Waals surface area (Å²) in [5.74, 6) is -0.638. The van der Waals surface area contributed by atoms with Crippen LogP contribution in [0.3, 0.4) is 0 Å². The van der Waals surface area contributed by atoms with Gasteiger partial charge in [0.1, 0.15) is 9.90 Å². The summed E-state index contributed by atoms with van der Waals surface area (Å²) in [6.07, 6.45) is 0.417. The molecule has 162 valence electrons. The predicted molar refractivity (Wildman–Crippen MR) is 124 cm³/mol. The molecule has 0 saturated carbocycles. The SMILES string of the molecule is O=C1c2ccccc2Cc2nc(CS(=O)c3cccs3)c(CS(=O)(=O)c3cccs3)nc21. The first-order valence-electron chi connectivity index (χ1n) is 9.62. The van der Waals surface area contributed by atoms with Crippen LogP contribution in [0.5, 0.6) is 0 Å². The number of carbonyl (C=O) groups is 1. The number of rotatable bonds is 6. The second-order valence-corrected chi connectivity index (χ2v) is 13.0. The molecule has 0 spiro atoms. The first kappa shape index (κ1) is 21.3. The topological polar surface area (TPSA) is 94.1 Å². The second-order valence-electron chi connectivity index (χ2n) is 7.19. The van der Waals surface area contributed by atoms with Crippen LogP contribution in [0, 0.1) is 0 Å². The third-order valence-electron chi connectivity index (χ3n) is 5.07. The number of ketones is 1. The Kier molecular flexibility index (Phi) is 5.62. The summed E-state index contributed by atoms with van der Waals surface area (Å²) in [7, 11) is -5.07. The number of carbonyl (C=O) groups excluding carboxylic acids is 1. The van der Waals surface area contributed by atoms with E-state index in [4.69, 9.17) is 0 Å². The molecule has 0 radical (unpaired) electrons. The van der Waals surface area contributed by atoms with Gasteiger partial charge in [0, 0.05) is 12.0 Å². The Morgan fingerprint density at radius 1 is 0.938 bits per heavy atom. The minimum atomic E-state index is -3.68. The molecule has 3 aromatic heterocycles. The molecule has 1 atom stereocenters. The number of benzene rings is 1. The fourth-order valence-corrected chi connectivity index (χ4v) is 8.04. The monoisotopic (exact) mass is 500 g/mol. The number of hydrogen-bond acceptors (Lipinski definition) is 8. The van der Waals surface area contributed by atoms with Crippen LogP contribution in [-0.4, -0.2) is 28.4 Å². The smallest absolute Gasteiger partial charge is 0.213 e. The van der Waals surface area contributed by atoms with Crippen LogP contribution in [-0.2, 0) is 38.6 Å². The highest BCUT2D eigenvalue weighted by Gasteiger charge is 2.29. The maximum atomic E-state index is 13.1. The molecule has 0 aliphatic heterocycles. The van der Waals surface area contributed by atoms with Gasteiger partial charge >= 0.3 is 0 Å². The highest BCUT2D eigenvalue weighted by Crippen LogP contribution is 2.29. The molecule has 6 nitrogen and oxygen atoms in total. The van der Waals surface area contributed by atoms with Crippen molar-refractivity contribution in [3.05, 3.63) is 93.2 Å². The summed E-state index contributed by atoms with van der Waals surface area (Å²) in [6, 6.07) is 14.1. The van der Waals surface area contributed by atoms with Crippen LogP contribution in [0.4, 0.5) is 0 Å². The Hall–Kier alpha value is -2.53. The Balaban J connectivity index is 1.60. The van der Waals surface area contributed by atoms with Gasteiger partial charge in [-0.05, 0) is 28.5 Å². The van der Waals surface area contributed by atoms with Crippen molar-refractivity contribution in [2.24, 2.45) is 0 Å². The van der Waals surface area contributed by atoms with E-state index in [1.54, 1.807) is 29.6 Å². The molecule has 32 heavy (non-hydrogen) atoms. The molecule has 1 aliphatic carbocycles. The van der Waals surface area contributed by atoms with Gasteiger partial charge in [-0.15, -0.1) is 22.7 Å². The summed E-state index contributed by atoms with van der Waals surface area (Å²) in [5, 5.41) is 3.53. The fourth-order valence-electron chi connectivity index (χ4n) is 3.56. The summed E-state index contributed by atoms with van der Waals surface area (Å²) in [6.45, 7) is 0. The molecule has 3 heterocycles. The van der Waals surface area contributed by atoms with Crippen LogP contribution >= 0.6 is 22.7 Å². The molecule has 0 fully saturated rings. The lowest BCUT2D eigenvalue weighted by Crippen LogP contribution is -2.22. The van der Waals surface area contributed by atoms with Crippen molar-refractivity contribution in [1.82, 2.24) is 9.97 Å².